The number of imidazole rings is 1. The Kier molecular flexibility index (Phi) is 6.37. The van der Waals surface area contributed by atoms with E-state index in [2.05, 4.69) is 22.2 Å². The second-order valence-electron chi connectivity index (χ2n) is 6.68. The number of carbonyl (C=O) groups excluding carboxylic acids is 2. The highest BCUT2D eigenvalue weighted by Gasteiger charge is 2.23. The summed E-state index contributed by atoms with van der Waals surface area (Å²) >= 11 is 0. The van der Waals surface area contributed by atoms with Crippen molar-refractivity contribution in [2.24, 2.45) is 0 Å². The summed E-state index contributed by atoms with van der Waals surface area (Å²) < 4.78 is 1.67. The van der Waals surface area contributed by atoms with Crippen molar-refractivity contribution in [3.63, 3.8) is 0 Å². The quantitative estimate of drug-likeness (QED) is 0.610. The molecule has 0 bridgehead atoms. The number of pyridine rings is 2. The molecule has 0 saturated carbocycles. The van der Waals surface area contributed by atoms with E-state index in [0.717, 1.165) is 24.8 Å². The number of unbranched alkanes of at least 4 members (excludes halogenated alkanes) is 1. The summed E-state index contributed by atoms with van der Waals surface area (Å²) in [6.45, 7) is 3.20. The number of amides is 2. The van der Waals surface area contributed by atoms with Crippen LogP contribution in [0.3, 0.4) is 0 Å². The molecular weight excluding hydrogens is 354 g/mol. The summed E-state index contributed by atoms with van der Waals surface area (Å²) in [5.41, 5.74) is 2.03. The fraction of sp³-hybridized carbons (Fsp3) is 0.333. The maximum Gasteiger partial charge on any atom is 0.287 e. The minimum Gasteiger partial charge on any atom is -0.349 e. The van der Waals surface area contributed by atoms with Crippen molar-refractivity contribution in [1.29, 1.82) is 0 Å². The smallest absolute Gasteiger partial charge is 0.287 e. The van der Waals surface area contributed by atoms with Gasteiger partial charge in [0.2, 0.25) is 5.82 Å². The average molecular weight is 379 g/mol. The maximum absolute atomic E-state index is 13.0. The number of hydrogen-bond acceptors (Lipinski definition) is 4. The fourth-order valence-electron chi connectivity index (χ4n) is 2.94. The number of aromatic nitrogens is 3. The second kappa shape index (κ2) is 9.12. The molecule has 3 heterocycles. The van der Waals surface area contributed by atoms with Gasteiger partial charge in [0.1, 0.15) is 0 Å². The van der Waals surface area contributed by atoms with Crippen LogP contribution >= 0.6 is 0 Å². The Labute approximate surface area is 164 Å². The third-order valence-corrected chi connectivity index (χ3v) is 4.60. The van der Waals surface area contributed by atoms with E-state index in [1.165, 1.54) is 0 Å². The van der Waals surface area contributed by atoms with Crippen LogP contribution in [0.1, 0.15) is 46.4 Å². The topological polar surface area (TPSA) is 79.6 Å². The maximum atomic E-state index is 13.0. The summed E-state index contributed by atoms with van der Waals surface area (Å²) in [5.74, 6) is -0.240. The molecular formula is C21H25N5O2. The van der Waals surface area contributed by atoms with Crippen molar-refractivity contribution in [1.82, 2.24) is 24.6 Å². The lowest BCUT2D eigenvalue weighted by atomic mass is 10.2. The Morgan fingerprint density at radius 2 is 1.96 bits per heavy atom. The van der Waals surface area contributed by atoms with E-state index in [0.29, 0.717) is 24.3 Å². The first-order chi connectivity index (χ1) is 13.6. The van der Waals surface area contributed by atoms with E-state index < -0.39 is 0 Å². The molecule has 2 amide bonds. The molecule has 3 rings (SSSR count). The Hall–Kier alpha value is -3.22. The number of likely N-dealkylation sites (N-methyl/N-ethyl adjacent to an activating group) is 1. The first kappa shape index (κ1) is 19.5. The lowest BCUT2D eigenvalue weighted by Gasteiger charge is -2.16. The van der Waals surface area contributed by atoms with Gasteiger partial charge in [0.15, 0.2) is 5.69 Å². The standard InChI is InChI=1S/C21H25N5O2/c1-3-4-11-23-20(27)19-24-18(17-7-5-6-14-26(17)19)21(28)25(2)15-10-16-8-12-22-13-9-16/h5-9,12-14H,3-4,10-11,15H2,1-2H3,(H,23,27). The van der Waals surface area contributed by atoms with E-state index in [-0.39, 0.29) is 17.6 Å². The largest absolute Gasteiger partial charge is 0.349 e. The Morgan fingerprint density at radius 1 is 1.18 bits per heavy atom. The van der Waals surface area contributed by atoms with Gasteiger partial charge in [-0.25, -0.2) is 4.98 Å². The summed E-state index contributed by atoms with van der Waals surface area (Å²) in [4.78, 5) is 35.5. The summed E-state index contributed by atoms with van der Waals surface area (Å²) in [6, 6.07) is 9.33. The molecule has 0 aliphatic heterocycles. The van der Waals surface area contributed by atoms with Gasteiger partial charge in [-0.05, 0) is 42.7 Å². The van der Waals surface area contributed by atoms with Crippen LogP contribution in [-0.2, 0) is 6.42 Å². The van der Waals surface area contributed by atoms with Crippen LogP contribution in [0.4, 0.5) is 0 Å². The zero-order valence-electron chi connectivity index (χ0n) is 16.3. The van der Waals surface area contributed by atoms with Gasteiger partial charge in [-0.1, -0.05) is 19.4 Å². The fourth-order valence-corrected chi connectivity index (χ4v) is 2.94. The van der Waals surface area contributed by atoms with E-state index in [1.807, 2.05) is 24.3 Å². The van der Waals surface area contributed by atoms with Crippen molar-refractivity contribution in [3.8, 4) is 0 Å². The van der Waals surface area contributed by atoms with E-state index in [1.54, 1.807) is 41.0 Å². The molecule has 146 valence electrons. The number of fused-ring (bicyclic) bond motifs is 1. The van der Waals surface area contributed by atoms with Gasteiger partial charge in [-0.3, -0.25) is 19.0 Å². The molecule has 1 N–H and O–H groups in total. The summed E-state index contributed by atoms with van der Waals surface area (Å²) in [7, 11) is 1.75. The normalized spacial score (nSPS) is 10.8. The molecule has 7 heteroatoms. The first-order valence-electron chi connectivity index (χ1n) is 9.51. The van der Waals surface area contributed by atoms with Crippen LogP contribution < -0.4 is 5.32 Å². The molecule has 0 saturated heterocycles. The van der Waals surface area contributed by atoms with Gasteiger partial charge in [0.05, 0.1) is 5.52 Å². The molecule has 0 unspecified atom stereocenters. The molecule has 0 spiro atoms. The number of hydrogen-bond donors (Lipinski definition) is 1. The molecule has 0 aromatic carbocycles. The van der Waals surface area contributed by atoms with Crippen molar-refractivity contribution >= 4 is 17.3 Å². The van der Waals surface area contributed by atoms with Gasteiger partial charge >= 0.3 is 0 Å². The van der Waals surface area contributed by atoms with Crippen LogP contribution in [0.25, 0.3) is 5.52 Å². The molecule has 7 nitrogen and oxygen atoms in total. The third kappa shape index (κ3) is 4.36. The van der Waals surface area contributed by atoms with Crippen LogP contribution in [0.2, 0.25) is 0 Å². The van der Waals surface area contributed by atoms with E-state index in [4.69, 9.17) is 0 Å². The highest BCUT2D eigenvalue weighted by molar-refractivity contribution is 6.02. The zero-order chi connectivity index (χ0) is 19.9. The summed E-state index contributed by atoms with van der Waals surface area (Å²) in [6.07, 6.45) is 7.85. The SMILES string of the molecule is CCCCNC(=O)c1nc(C(=O)N(C)CCc2ccncc2)c2ccccn12. The molecule has 3 aromatic heterocycles. The van der Waals surface area contributed by atoms with Crippen molar-refractivity contribution in [2.45, 2.75) is 26.2 Å². The zero-order valence-corrected chi connectivity index (χ0v) is 16.3. The highest BCUT2D eigenvalue weighted by Crippen LogP contribution is 2.15. The average Bonchev–Trinajstić information content (AvgIpc) is 3.12. The Balaban J connectivity index is 1.79. The molecule has 28 heavy (non-hydrogen) atoms. The molecule has 0 aliphatic carbocycles. The van der Waals surface area contributed by atoms with Gasteiger partial charge < -0.3 is 10.2 Å². The summed E-state index contributed by atoms with van der Waals surface area (Å²) in [5, 5.41) is 2.87. The molecule has 0 fully saturated rings. The van der Waals surface area contributed by atoms with Crippen LogP contribution in [-0.4, -0.2) is 51.2 Å². The predicted molar refractivity (Wildman–Crippen MR) is 107 cm³/mol. The minimum absolute atomic E-state index is 0.203. The third-order valence-electron chi connectivity index (χ3n) is 4.60. The molecule has 3 aromatic rings. The predicted octanol–water partition coefficient (Wildman–Crippen LogP) is 2.57. The Bertz CT molecular complexity index is 952. The van der Waals surface area contributed by atoms with Gasteiger partial charge in [-0.2, -0.15) is 0 Å². The first-order valence-corrected chi connectivity index (χ1v) is 9.51. The van der Waals surface area contributed by atoms with Gasteiger partial charge in [-0.15, -0.1) is 0 Å². The number of nitrogens with one attached hydrogen (secondary N) is 1. The highest BCUT2D eigenvalue weighted by atomic mass is 16.2. The number of carbonyl (C=O) groups is 2. The van der Waals surface area contributed by atoms with Crippen molar-refractivity contribution in [2.75, 3.05) is 20.1 Å². The lowest BCUT2D eigenvalue weighted by molar-refractivity contribution is 0.0793. The van der Waals surface area contributed by atoms with Crippen LogP contribution in [0.5, 0.6) is 0 Å². The molecule has 0 atom stereocenters. The van der Waals surface area contributed by atoms with Gasteiger partial charge in [0, 0.05) is 38.7 Å². The monoisotopic (exact) mass is 379 g/mol. The van der Waals surface area contributed by atoms with Crippen molar-refractivity contribution in [3.05, 3.63) is 66.0 Å². The number of rotatable bonds is 8. The van der Waals surface area contributed by atoms with Crippen molar-refractivity contribution < 1.29 is 9.59 Å². The lowest BCUT2D eigenvalue weighted by Crippen LogP contribution is -2.29. The van der Waals surface area contributed by atoms with E-state index in [9.17, 15) is 9.59 Å². The van der Waals surface area contributed by atoms with Crippen LogP contribution in [0.15, 0.2) is 48.9 Å². The number of nitrogens with zero attached hydrogens (tertiary/aromatic N) is 4. The molecule has 0 aliphatic rings. The second-order valence-corrected chi connectivity index (χ2v) is 6.68. The van der Waals surface area contributed by atoms with E-state index >= 15 is 0 Å². The molecule has 0 radical (unpaired) electrons. The van der Waals surface area contributed by atoms with Gasteiger partial charge in [0.25, 0.3) is 11.8 Å². The van der Waals surface area contributed by atoms with Crippen LogP contribution in [0, 0.1) is 0 Å². The minimum atomic E-state index is -0.270. The Morgan fingerprint density at radius 3 is 2.71 bits per heavy atom.